The van der Waals surface area contributed by atoms with E-state index in [9.17, 15) is 13.2 Å². The van der Waals surface area contributed by atoms with Gasteiger partial charge < -0.3 is 11.1 Å². The highest BCUT2D eigenvalue weighted by Crippen LogP contribution is 2.21. The maximum atomic E-state index is 13.5. The molecule has 2 aromatic rings. The van der Waals surface area contributed by atoms with Crippen molar-refractivity contribution in [1.82, 2.24) is 9.97 Å². The van der Waals surface area contributed by atoms with Crippen molar-refractivity contribution in [3.05, 3.63) is 47.0 Å². The first-order valence-electron chi connectivity index (χ1n) is 5.44. The van der Waals surface area contributed by atoms with Gasteiger partial charge in [0.2, 0.25) is 5.95 Å². The number of hydrogen-bond donors (Lipinski definition) is 2. The summed E-state index contributed by atoms with van der Waals surface area (Å²) in [6.45, 7) is 1.66. The molecule has 0 atom stereocenters. The first kappa shape index (κ1) is 14.2. The molecule has 104 valence electrons. The Balaban J connectivity index is 2.40. The van der Waals surface area contributed by atoms with E-state index in [1.54, 1.807) is 13.0 Å². The lowest BCUT2D eigenvalue weighted by atomic mass is 10.3. The Morgan fingerprint density at radius 2 is 1.75 bits per heavy atom. The van der Waals surface area contributed by atoms with Crippen LogP contribution in [0.15, 0.2) is 18.2 Å². The Morgan fingerprint density at radius 1 is 1.10 bits per heavy atom. The van der Waals surface area contributed by atoms with Crippen molar-refractivity contribution < 1.29 is 13.2 Å². The van der Waals surface area contributed by atoms with Crippen LogP contribution in [0.3, 0.4) is 0 Å². The quantitative estimate of drug-likeness (QED) is 0.673. The molecule has 0 saturated carbocycles. The number of benzene rings is 1. The molecule has 0 saturated heterocycles. The molecule has 8 heteroatoms. The van der Waals surface area contributed by atoms with E-state index >= 15 is 0 Å². The van der Waals surface area contributed by atoms with Gasteiger partial charge in [0.15, 0.2) is 11.6 Å². The summed E-state index contributed by atoms with van der Waals surface area (Å²) in [5.74, 6) is -3.44. The Morgan fingerprint density at radius 3 is 2.40 bits per heavy atom. The molecule has 0 aliphatic rings. The van der Waals surface area contributed by atoms with Gasteiger partial charge in [-0.3, -0.25) is 0 Å². The highest BCUT2D eigenvalue weighted by atomic mass is 32.1. The summed E-state index contributed by atoms with van der Waals surface area (Å²) in [5.41, 5.74) is 5.99. The monoisotopic (exact) mass is 298 g/mol. The minimum absolute atomic E-state index is 0.0160. The number of halogens is 3. The normalized spacial score (nSPS) is 10.4. The maximum Gasteiger partial charge on any atom is 0.228 e. The zero-order valence-electron chi connectivity index (χ0n) is 10.2. The molecule has 0 aliphatic carbocycles. The van der Waals surface area contributed by atoms with Crippen LogP contribution in [0.4, 0.5) is 24.8 Å². The van der Waals surface area contributed by atoms with E-state index in [4.69, 9.17) is 18.0 Å². The summed E-state index contributed by atoms with van der Waals surface area (Å²) in [6, 6.07) is 2.66. The summed E-state index contributed by atoms with van der Waals surface area (Å²) in [7, 11) is 0. The third kappa shape index (κ3) is 3.02. The zero-order chi connectivity index (χ0) is 14.9. The lowest BCUT2D eigenvalue weighted by molar-refractivity contribution is 0.496. The first-order chi connectivity index (χ1) is 9.36. The summed E-state index contributed by atoms with van der Waals surface area (Å²) < 4.78 is 39.4. The fourth-order valence-corrected chi connectivity index (χ4v) is 1.59. The highest BCUT2D eigenvalue weighted by Gasteiger charge is 2.12. The molecule has 20 heavy (non-hydrogen) atoms. The summed E-state index contributed by atoms with van der Waals surface area (Å²) in [5, 5.41) is 2.46. The second-order valence-electron chi connectivity index (χ2n) is 3.95. The second kappa shape index (κ2) is 5.41. The predicted molar refractivity (Wildman–Crippen MR) is 72.3 cm³/mol. The molecule has 0 fully saturated rings. The van der Waals surface area contributed by atoms with Gasteiger partial charge in [-0.25, -0.2) is 23.1 Å². The molecular weight excluding hydrogens is 289 g/mol. The molecule has 0 amide bonds. The minimum atomic E-state index is -1.28. The Hall–Kier alpha value is -2.22. The molecule has 1 heterocycles. The van der Waals surface area contributed by atoms with Crippen molar-refractivity contribution in [2.45, 2.75) is 6.92 Å². The van der Waals surface area contributed by atoms with Crippen molar-refractivity contribution >= 4 is 28.8 Å². The molecular formula is C12H9F3N4S. The van der Waals surface area contributed by atoms with Crippen molar-refractivity contribution in [3.63, 3.8) is 0 Å². The second-order valence-corrected chi connectivity index (χ2v) is 4.39. The molecule has 1 aromatic carbocycles. The number of nitrogens with one attached hydrogen (secondary N) is 1. The minimum Gasteiger partial charge on any atom is -0.388 e. The third-order valence-corrected chi connectivity index (χ3v) is 2.57. The Kier molecular flexibility index (Phi) is 3.84. The molecule has 0 spiro atoms. The number of aryl methyl sites for hydroxylation is 1. The average molecular weight is 298 g/mol. The van der Waals surface area contributed by atoms with Crippen LogP contribution in [-0.2, 0) is 0 Å². The number of hydrogen-bond acceptors (Lipinski definition) is 4. The largest absolute Gasteiger partial charge is 0.388 e. The van der Waals surface area contributed by atoms with Crippen LogP contribution in [0.1, 0.15) is 11.4 Å². The van der Waals surface area contributed by atoms with Crippen molar-refractivity contribution in [1.29, 1.82) is 0 Å². The standard InChI is InChI=1S/C12H9F3N4S/c1-5-2-10(11(16)20)19-12(17-5)18-9-4-7(14)6(13)3-8(9)15/h2-4H,1H3,(H2,16,20)(H,17,18,19). The number of anilines is 2. The van der Waals surface area contributed by atoms with Crippen LogP contribution in [0.25, 0.3) is 0 Å². The molecule has 3 N–H and O–H groups in total. The van der Waals surface area contributed by atoms with Gasteiger partial charge in [0.05, 0.1) is 5.69 Å². The van der Waals surface area contributed by atoms with Crippen molar-refractivity contribution in [2.24, 2.45) is 5.73 Å². The van der Waals surface area contributed by atoms with E-state index in [1.807, 2.05) is 0 Å². The fraction of sp³-hybridized carbons (Fsp3) is 0.0833. The van der Waals surface area contributed by atoms with E-state index in [0.29, 0.717) is 17.8 Å². The summed E-state index contributed by atoms with van der Waals surface area (Å²) in [6.07, 6.45) is 0. The van der Waals surface area contributed by atoms with Crippen LogP contribution >= 0.6 is 12.2 Å². The fourth-order valence-electron chi connectivity index (χ4n) is 1.49. The van der Waals surface area contributed by atoms with Gasteiger partial charge in [0.1, 0.15) is 16.5 Å². The number of nitrogens with zero attached hydrogens (tertiary/aromatic N) is 2. The van der Waals surface area contributed by atoms with Gasteiger partial charge in [-0.2, -0.15) is 0 Å². The molecule has 0 aliphatic heterocycles. The summed E-state index contributed by atoms with van der Waals surface area (Å²) >= 11 is 4.79. The molecule has 0 bridgehead atoms. The smallest absolute Gasteiger partial charge is 0.228 e. The number of rotatable bonds is 3. The van der Waals surface area contributed by atoms with Crippen LogP contribution in [0, 0.1) is 24.4 Å². The van der Waals surface area contributed by atoms with Gasteiger partial charge >= 0.3 is 0 Å². The van der Waals surface area contributed by atoms with Crippen LogP contribution in [0.2, 0.25) is 0 Å². The van der Waals surface area contributed by atoms with Gasteiger partial charge in [-0.1, -0.05) is 12.2 Å². The van der Waals surface area contributed by atoms with Crippen LogP contribution in [0.5, 0.6) is 0 Å². The van der Waals surface area contributed by atoms with Gasteiger partial charge in [-0.05, 0) is 13.0 Å². The lowest BCUT2D eigenvalue weighted by Crippen LogP contribution is -2.14. The van der Waals surface area contributed by atoms with Crippen molar-refractivity contribution in [2.75, 3.05) is 5.32 Å². The number of nitrogens with two attached hydrogens (primary N) is 1. The van der Waals surface area contributed by atoms with Crippen LogP contribution in [-0.4, -0.2) is 15.0 Å². The SMILES string of the molecule is Cc1cc(C(N)=S)nc(Nc2cc(F)c(F)cc2F)n1. The summed E-state index contributed by atoms with van der Waals surface area (Å²) in [4.78, 5) is 7.98. The third-order valence-electron chi connectivity index (χ3n) is 2.36. The molecule has 0 radical (unpaired) electrons. The topological polar surface area (TPSA) is 63.8 Å². The van der Waals surface area contributed by atoms with E-state index < -0.39 is 17.5 Å². The van der Waals surface area contributed by atoms with E-state index in [-0.39, 0.29) is 22.3 Å². The zero-order valence-corrected chi connectivity index (χ0v) is 11.1. The Bertz CT molecular complexity index is 691. The highest BCUT2D eigenvalue weighted by molar-refractivity contribution is 7.80. The lowest BCUT2D eigenvalue weighted by Gasteiger charge is -2.08. The molecule has 1 aromatic heterocycles. The van der Waals surface area contributed by atoms with Gasteiger partial charge in [0.25, 0.3) is 0 Å². The average Bonchev–Trinajstić information content (AvgIpc) is 2.35. The first-order valence-corrected chi connectivity index (χ1v) is 5.84. The molecule has 2 rings (SSSR count). The van der Waals surface area contributed by atoms with E-state index in [2.05, 4.69) is 15.3 Å². The Labute approximate surface area is 117 Å². The van der Waals surface area contributed by atoms with Crippen LogP contribution < -0.4 is 11.1 Å². The van der Waals surface area contributed by atoms with E-state index in [1.165, 1.54) is 0 Å². The predicted octanol–water partition coefficient (Wildman–Crippen LogP) is 2.58. The number of aromatic nitrogens is 2. The van der Waals surface area contributed by atoms with E-state index in [0.717, 1.165) is 0 Å². The maximum absolute atomic E-state index is 13.5. The van der Waals surface area contributed by atoms with Crippen molar-refractivity contribution in [3.8, 4) is 0 Å². The molecule has 0 unspecified atom stereocenters. The van der Waals surface area contributed by atoms with Gasteiger partial charge in [-0.15, -0.1) is 0 Å². The van der Waals surface area contributed by atoms with Gasteiger partial charge in [0, 0.05) is 17.8 Å². The molecule has 4 nitrogen and oxygen atoms in total. The number of thiocarbonyl (C=S) groups is 1.